The zero-order valence-corrected chi connectivity index (χ0v) is 36.8. The van der Waals surface area contributed by atoms with Crippen molar-refractivity contribution < 1.29 is 53.4 Å². The van der Waals surface area contributed by atoms with Gasteiger partial charge in [-0.2, -0.15) is 0 Å². The van der Waals surface area contributed by atoms with Crippen molar-refractivity contribution in [1.29, 1.82) is 0 Å². The van der Waals surface area contributed by atoms with Crippen LogP contribution >= 0.6 is 0 Å². The van der Waals surface area contributed by atoms with Crippen LogP contribution in [0.3, 0.4) is 0 Å². The molecule has 1 heterocycles. The molecule has 0 aromatic carbocycles. The van der Waals surface area contributed by atoms with Crippen LogP contribution in [0.4, 0.5) is 0 Å². The first-order valence-electron chi connectivity index (χ1n) is 20.7. The molecule has 0 aromatic heterocycles. The van der Waals surface area contributed by atoms with Crippen molar-refractivity contribution in [2.45, 2.75) is 149 Å². The van der Waals surface area contributed by atoms with Crippen LogP contribution in [-0.4, -0.2) is 136 Å². The predicted molar refractivity (Wildman–Crippen MR) is 224 cm³/mol. The normalized spacial score (nSPS) is 17.3. The van der Waals surface area contributed by atoms with Gasteiger partial charge in [-0.05, 0) is 62.7 Å². The number of hydrogen-bond donors (Lipinski definition) is 11. The van der Waals surface area contributed by atoms with Gasteiger partial charge in [-0.3, -0.25) is 43.3 Å². The minimum atomic E-state index is -1.71. The number of nitrogens with zero attached hydrogens (tertiary/aromatic N) is 2. The van der Waals surface area contributed by atoms with E-state index in [1.165, 1.54) is 11.8 Å². The second kappa shape index (κ2) is 25.3. The lowest BCUT2D eigenvalue weighted by molar-refractivity contribution is -0.144. The molecule has 22 heteroatoms. The lowest BCUT2D eigenvalue weighted by atomic mass is 9.99. The third kappa shape index (κ3) is 17.9. The van der Waals surface area contributed by atoms with Crippen molar-refractivity contribution in [3.63, 3.8) is 0 Å². The summed E-state index contributed by atoms with van der Waals surface area (Å²) in [5, 5.41) is 34.2. The fourth-order valence-electron chi connectivity index (χ4n) is 6.50. The number of likely N-dealkylation sites (tertiary alicyclic amines) is 1. The largest absolute Gasteiger partial charge is 0.481 e. The van der Waals surface area contributed by atoms with Crippen molar-refractivity contribution >= 4 is 59.2 Å². The number of amides is 7. The summed E-state index contributed by atoms with van der Waals surface area (Å²) < 4.78 is 0. The first-order valence-corrected chi connectivity index (χ1v) is 20.7. The first-order chi connectivity index (χ1) is 28.3. The van der Waals surface area contributed by atoms with Crippen LogP contribution in [0.15, 0.2) is 4.99 Å². The van der Waals surface area contributed by atoms with Crippen LogP contribution in [0.1, 0.15) is 101 Å². The number of nitrogens with two attached hydrogens (primary N) is 3. The van der Waals surface area contributed by atoms with Gasteiger partial charge >= 0.3 is 11.9 Å². The number of carbonyl (C=O) groups excluding carboxylic acids is 7. The van der Waals surface area contributed by atoms with Crippen LogP contribution < -0.4 is 49.1 Å². The van der Waals surface area contributed by atoms with Gasteiger partial charge in [-0.25, -0.2) is 4.79 Å². The van der Waals surface area contributed by atoms with Crippen LogP contribution in [0, 0.1) is 23.7 Å². The van der Waals surface area contributed by atoms with Crippen LogP contribution in [0.25, 0.3) is 0 Å². The molecule has 0 aromatic rings. The molecule has 0 aliphatic carbocycles. The zero-order valence-electron chi connectivity index (χ0n) is 36.8. The highest BCUT2D eigenvalue weighted by molar-refractivity contribution is 5.98. The highest BCUT2D eigenvalue weighted by Gasteiger charge is 2.41. The van der Waals surface area contributed by atoms with Crippen LogP contribution in [0.5, 0.6) is 0 Å². The topological polar surface area (TPSA) is 360 Å². The monoisotopic (exact) mass is 868 g/mol. The van der Waals surface area contributed by atoms with E-state index in [0.29, 0.717) is 12.8 Å². The fraction of sp³-hybridized carbons (Fsp3) is 0.744. The average molecular weight is 868 g/mol. The summed E-state index contributed by atoms with van der Waals surface area (Å²) in [4.78, 5) is 123. The first kappa shape index (κ1) is 53.5. The fourth-order valence-corrected chi connectivity index (χ4v) is 6.50. The molecule has 1 rings (SSSR count). The van der Waals surface area contributed by atoms with E-state index in [1.54, 1.807) is 41.5 Å². The standard InChI is InChI=1S/C39H69N11O11/c1-18(2)16-25(46-31(53)22(9)44-32(54)23(40)12-10-14-43-39(41)42)37(59)50-15-11-13-26(50)34(56)48-28(19(3)4)35(57)45-24(17-27(51)52)33(55)47-29(20(5)6)36(58)49-30(21(7)8)38(60)61/h18-26,28-30H,10-17,40H2,1-9H3,(H,44,54)(H,45,57)(H,46,53)(H,47,55)(H,48,56)(H,49,58)(H,51,52)(H,60,61)(H4,41,42,43)/t22-,23-,24-,25-,26-,28-,29-,30-/m0/s1. The molecule has 0 saturated carbocycles. The summed E-state index contributed by atoms with van der Waals surface area (Å²) in [7, 11) is 0. The maximum Gasteiger partial charge on any atom is 0.326 e. The summed E-state index contributed by atoms with van der Waals surface area (Å²) in [6.07, 6.45) is 0.621. The Labute approximate surface area is 357 Å². The number of carboxylic acids is 2. The number of carbonyl (C=O) groups is 9. The van der Waals surface area contributed by atoms with Crippen molar-refractivity contribution in [3.8, 4) is 0 Å². The smallest absolute Gasteiger partial charge is 0.326 e. The molecular formula is C39H69N11O11. The van der Waals surface area contributed by atoms with Gasteiger partial charge in [0.05, 0.1) is 12.5 Å². The maximum atomic E-state index is 14.0. The zero-order chi connectivity index (χ0) is 46.9. The van der Waals surface area contributed by atoms with E-state index in [9.17, 15) is 53.4 Å². The van der Waals surface area contributed by atoms with Gasteiger partial charge in [0.25, 0.3) is 0 Å². The van der Waals surface area contributed by atoms with E-state index in [4.69, 9.17) is 17.2 Å². The Balaban J connectivity index is 3.16. The Bertz CT molecular complexity index is 1600. The van der Waals surface area contributed by atoms with E-state index in [2.05, 4.69) is 36.9 Å². The van der Waals surface area contributed by atoms with E-state index >= 15 is 0 Å². The van der Waals surface area contributed by atoms with Gasteiger partial charge < -0.3 is 64.2 Å². The van der Waals surface area contributed by atoms with Gasteiger partial charge in [-0.1, -0.05) is 55.4 Å². The van der Waals surface area contributed by atoms with Gasteiger partial charge in [0, 0.05) is 13.1 Å². The molecule has 346 valence electrons. The van der Waals surface area contributed by atoms with Crippen LogP contribution in [-0.2, 0) is 43.2 Å². The van der Waals surface area contributed by atoms with Gasteiger partial charge in [0.15, 0.2) is 5.96 Å². The number of hydrogen-bond acceptors (Lipinski definition) is 11. The van der Waals surface area contributed by atoms with Crippen molar-refractivity contribution in [2.24, 2.45) is 45.9 Å². The molecular weight excluding hydrogens is 798 g/mol. The number of carboxylic acid groups (broad SMARTS) is 2. The molecule has 22 nitrogen and oxygen atoms in total. The highest BCUT2D eigenvalue weighted by atomic mass is 16.4. The van der Waals surface area contributed by atoms with Crippen molar-refractivity contribution in [1.82, 2.24) is 36.8 Å². The second-order valence-electron chi connectivity index (χ2n) is 16.9. The Morgan fingerprint density at radius 2 is 1.20 bits per heavy atom. The van der Waals surface area contributed by atoms with E-state index < -0.39 is 126 Å². The van der Waals surface area contributed by atoms with Crippen molar-refractivity contribution in [3.05, 3.63) is 0 Å². The predicted octanol–water partition coefficient (Wildman–Crippen LogP) is -2.14. The highest BCUT2D eigenvalue weighted by Crippen LogP contribution is 2.21. The van der Waals surface area contributed by atoms with Gasteiger partial charge in [-0.15, -0.1) is 0 Å². The molecule has 0 unspecified atom stereocenters. The summed E-state index contributed by atoms with van der Waals surface area (Å²) in [6.45, 7) is 15.1. The SMILES string of the molecule is CC(C)C[C@H](NC(=O)[C@H](C)NC(=O)[C@@H](N)CCCN=C(N)N)C(=O)N1CCC[C@H]1C(=O)N[C@H](C(=O)N[C@@H](CC(=O)O)C(=O)N[C@H](C(=O)N[C@H](C(=O)O)C(C)C)C(C)C)C(C)C. The van der Waals surface area contributed by atoms with Gasteiger partial charge in [0.1, 0.15) is 42.3 Å². The molecule has 7 amide bonds. The Kier molecular flexibility index (Phi) is 22.2. The average Bonchev–Trinajstić information content (AvgIpc) is 3.64. The lowest BCUT2D eigenvalue weighted by Gasteiger charge is -2.32. The molecule has 1 fully saturated rings. The summed E-state index contributed by atoms with van der Waals surface area (Å²) in [6, 6.07) is -9.73. The second-order valence-corrected chi connectivity index (χ2v) is 16.9. The quantitative estimate of drug-likeness (QED) is 0.0265. The summed E-state index contributed by atoms with van der Waals surface area (Å²) in [5.41, 5.74) is 16.6. The number of nitrogens with one attached hydrogen (secondary N) is 6. The molecule has 1 saturated heterocycles. The third-order valence-electron chi connectivity index (χ3n) is 9.95. The van der Waals surface area contributed by atoms with Crippen molar-refractivity contribution in [2.75, 3.05) is 13.1 Å². The summed E-state index contributed by atoms with van der Waals surface area (Å²) in [5.74, 6) is -9.84. The van der Waals surface area contributed by atoms with E-state index in [-0.39, 0.29) is 44.2 Å². The molecule has 0 radical (unpaired) electrons. The Morgan fingerprint density at radius 3 is 1.70 bits per heavy atom. The number of guanidine groups is 1. The molecule has 1 aliphatic rings. The summed E-state index contributed by atoms with van der Waals surface area (Å²) >= 11 is 0. The maximum absolute atomic E-state index is 14.0. The molecule has 61 heavy (non-hydrogen) atoms. The third-order valence-corrected chi connectivity index (χ3v) is 9.95. The minimum Gasteiger partial charge on any atom is -0.481 e. The number of aliphatic imine (C=N–C) groups is 1. The number of rotatable bonds is 25. The molecule has 8 atom stereocenters. The van der Waals surface area contributed by atoms with Crippen LogP contribution in [0.2, 0.25) is 0 Å². The lowest BCUT2D eigenvalue weighted by Crippen LogP contribution is -2.61. The molecule has 1 aliphatic heterocycles. The molecule has 14 N–H and O–H groups in total. The van der Waals surface area contributed by atoms with Gasteiger partial charge in [0.2, 0.25) is 41.4 Å². The molecule has 0 spiro atoms. The van der Waals surface area contributed by atoms with E-state index in [1.807, 2.05) is 13.8 Å². The minimum absolute atomic E-state index is 0.0791. The Hall–Kier alpha value is -5.54. The molecule has 0 bridgehead atoms. The number of aliphatic carboxylic acids is 2. The van der Waals surface area contributed by atoms with E-state index in [0.717, 1.165) is 0 Å². The Morgan fingerprint density at radius 1 is 0.672 bits per heavy atom.